The molecule has 4 nitrogen and oxygen atoms in total. The lowest BCUT2D eigenvalue weighted by atomic mass is 10.0. The third-order valence-corrected chi connectivity index (χ3v) is 5.06. The molecule has 0 radical (unpaired) electrons. The molecule has 2 aromatic heterocycles. The first kappa shape index (κ1) is 13.6. The maximum absolute atomic E-state index is 6.33. The molecule has 2 fully saturated rings. The summed E-state index contributed by atoms with van der Waals surface area (Å²) in [6, 6.07) is 4.20. The van der Waals surface area contributed by atoms with Crippen molar-refractivity contribution >= 4 is 23.2 Å². The molecule has 0 atom stereocenters. The number of rotatable bonds is 4. The normalized spacial score (nSPS) is 19.2. The van der Waals surface area contributed by atoms with Crippen LogP contribution in [0.5, 0.6) is 0 Å². The number of halogens is 2. The van der Waals surface area contributed by atoms with Gasteiger partial charge in [0.1, 0.15) is 21.7 Å². The fourth-order valence-electron chi connectivity index (χ4n) is 3.06. The standard InChI is InChI=1S/C15H18Cl2N4/c1-15(2,21-11(16)7-8-12(21)17)14-19-18-13(9-3-4-9)20(14)10-5-6-10/h7-10H,3-6H2,1-2H3. The molecule has 21 heavy (non-hydrogen) atoms. The van der Waals surface area contributed by atoms with E-state index < -0.39 is 5.54 Å². The molecule has 0 bridgehead atoms. The highest BCUT2D eigenvalue weighted by Crippen LogP contribution is 2.46. The lowest BCUT2D eigenvalue weighted by Gasteiger charge is -2.29. The third kappa shape index (κ3) is 2.11. The second kappa shape index (κ2) is 4.50. The van der Waals surface area contributed by atoms with E-state index in [0.29, 0.717) is 22.3 Å². The van der Waals surface area contributed by atoms with Crippen LogP contribution in [-0.4, -0.2) is 19.3 Å². The molecule has 0 N–H and O–H groups in total. The molecule has 0 unspecified atom stereocenters. The van der Waals surface area contributed by atoms with Gasteiger partial charge in [0.2, 0.25) is 0 Å². The quantitative estimate of drug-likeness (QED) is 0.836. The van der Waals surface area contributed by atoms with Crippen molar-refractivity contribution in [3.05, 3.63) is 34.1 Å². The van der Waals surface area contributed by atoms with Crippen LogP contribution in [0.25, 0.3) is 0 Å². The van der Waals surface area contributed by atoms with Crippen molar-refractivity contribution in [1.82, 2.24) is 19.3 Å². The van der Waals surface area contributed by atoms with E-state index in [0.717, 1.165) is 11.6 Å². The lowest BCUT2D eigenvalue weighted by molar-refractivity contribution is 0.388. The van der Waals surface area contributed by atoms with E-state index >= 15 is 0 Å². The molecule has 112 valence electrons. The van der Waals surface area contributed by atoms with Crippen LogP contribution in [0.15, 0.2) is 12.1 Å². The van der Waals surface area contributed by atoms with Crippen LogP contribution in [0, 0.1) is 0 Å². The van der Waals surface area contributed by atoms with Crippen LogP contribution in [0.4, 0.5) is 0 Å². The van der Waals surface area contributed by atoms with Crippen LogP contribution < -0.4 is 0 Å². The Morgan fingerprint density at radius 3 is 2.19 bits per heavy atom. The Morgan fingerprint density at radius 1 is 1.05 bits per heavy atom. The molecule has 2 aliphatic rings. The maximum Gasteiger partial charge on any atom is 0.159 e. The minimum absolute atomic E-state index is 0.416. The molecule has 2 aliphatic carbocycles. The van der Waals surface area contributed by atoms with Crippen molar-refractivity contribution in [3.8, 4) is 0 Å². The Bertz CT molecular complexity index is 673. The van der Waals surface area contributed by atoms with Gasteiger partial charge in [0.25, 0.3) is 0 Å². The molecule has 2 heterocycles. The molecular weight excluding hydrogens is 307 g/mol. The Balaban J connectivity index is 1.85. The second-order valence-corrected chi connectivity index (χ2v) is 7.40. The summed E-state index contributed by atoms with van der Waals surface area (Å²) in [5.74, 6) is 2.71. The van der Waals surface area contributed by atoms with Crippen molar-refractivity contribution in [2.45, 2.75) is 57.0 Å². The summed E-state index contributed by atoms with van der Waals surface area (Å²) in [6.07, 6.45) is 4.90. The van der Waals surface area contributed by atoms with Gasteiger partial charge in [0.15, 0.2) is 5.82 Å². The predicted octanol–water partition coefficient (Wildman–Crippen LogP) is 4.38. The lowest BCUT2D eigenvalue weighted by Crippen LogP contribution is -2.32. The molecule has 0 aliphatic heterocycles. The van der Waals surface area contributed by atoms with E-state index in [1.165, 1.54) is 25.7 Å². The zero-order valence-electron chi connectivity index (χ0n) is 12.2. The summed E-state index contributed by atoms with van der Waals surface area (Å²) in [5.41, 5.74) is -0.416. The molecule has 6 heteroatoms. The highest BCUT2D eigenvalue weighted by molar-refractivity contribution is 6.33. The first-order valence-corrected chi connectivity index (χ1v) is 8.24. The van der Waals surface area contributed by atoms with Crippen LogP contribution in [0.2, 0.25) is 10.3 Å². The van der Waals surface area contributed by atoms with Crippen LogP contribution in [0.3, 0.4) is 0 Å². The average Bonchev–Trinajstić information content (AvgIpc) is 3.35. The Kier molecular flexibility index (Phi) is 2.92. The van der Waals surface area contributed by atoms with Crippen LogP contribution in [0.1, 0.15) is 63.1 Å². The minimum atomic E-state index is -0.416. The van der Waals surface area contributed by atoms with E-state index in [1.54, 1.807) is 0 Å². The van der Waals surface area contributed by atoms with Crippen LogP contribution >= 0.6 is 23.2 Å². The first-order valence-electron chi connectivity index (χ1n) is 7.48. The SMILES string of the molecule is CC(C)(c1nnc(C2CC2)n1C1CC1)n1c(Cl)ccc1Cl. The van der Waals surface area contributed by atoms with Gasteiger partial charge in [0, 0.05) is 12.0 Å². The average molecular weight is 325 g/mol. The van der Waals surface area contributed by atoms with Gasteiger partial charge in [-0.05, 0) is 51.7 Å². The topological polar surface area (TPSA) is 35.6 Å². The number of nitrogens with zero attached hydrogens (tertiary/aromatic N) is 4. The van der Waals surface area contributed by atoms with E-state index in [1.807, 2.05) is 16.7 Å². The van der Waals surface area contributed by atoms with Crippen molar-refractivity contribution in [3.63, 3.8) is 0 Å². The van der Waals surface area contributed by atoms with Gasteiger partial charge in [-0.15, -0.1) is 10.2 Å². The van der Waals surface area contributed by atoms with E-state index in [9.17, 15) is 0 Å². The van der Waals surface area contributed by atoms with Gasteiger partial charge in [-0.3, -0.25) is 0 Å². The summed E-state index contributed by atoms with van der Waals surface area (Å²) >= 11 is 12.7. The maximum atomic E-state index is 6.33. The summed E-state index contributed by atoms with van der Waals surface area (Å²) in [6.45, 7) is 4.20. The van der Waals surface area contributed by atoms with Gasteiger partial charge in [-0.2, -0.15) is 0 Å². The van der Waals surface area contributed by atoms with Crippen LogP contribution in [-0.2, 0) is 5.54 Å². The minimum Gasteiger partial charge on any atom is -0.310 e. The fraction of sp³-hybridized carbons (Fsp3) is 0.600. The van der Waals surface area contributed by atoms with Crippen molar-refractivity contribution in [2.24, 2.45) is 0 Å². The molecule has 2 aromatic rings. The number of hydrogen-bond donors (Lipinski definition) is 0. The Labute approximate surface area is 134 Å². The van der Waals surface area contributed by atoms with E-state index in [-0.39, 0.29) is 0 Å². The zero-order chi connectivity index (χ0) is 14.8. The second-order valence-electron chi connectivity index (χ2n) is 6.63. The van der Waals surface area contributed by atoms with Gasteiger partial charge in [0.05, 0.1) is 0 Å². The Morgan fingerprint density at radius 2 is 1.67 bits per heavy atom. The largest absolute Gasteiger partial charge is 0.310 e. The Hall–Kier alpha value is -1.000. The third-order valence-electron chi connectivity index (χ3n) is 4.47. The predicted molar refractivity (Wildman–Crippen MR) is 83.1 cm³/mol. The highest BCUT2D eigenvalue weighted by atomic mass is 35.5. The van der Waals surface area contributed by atoms with Gasteiger partial charge >= 0.3 is 0 Å². The van der Waals surface area contributed by atoms with Gasteiger partial charge in [-0.25, -0.2) is 0 Å². The summed E-state index contributed by atoms with van der Waals surface area (Å²) in [7, 11) is 0. The molecule has 4 rings (SSSR count). The molecule has 0 spiro atoms. The highest BCUT2D eigenvalue weighted by Gasteiger charge is 2.41. The smallest absolute Gasteiger partial charge is 0.159 e. The monoisotopic (exact) mass is 324 g/mol. The molecular formula is C15H18Cl2N4. The molecule has 0 aromatic carbocycles. The van der Waals surface area contributed by atoms with E-state index in [4.69, 9.17) is 23.2 Å². The molecule has 0 amide bonds. The van der Waals surface area contributed by atoms with Crippen molar-refractivity contribution in [1.29, 1.82) is 0 Å². The number of hydrogen-bond acceptors (Lipinski definition) is 2. The number of aromatic nitrogens is 4. The zero-order valence-corrected chi connectivity index (χ0v) is 13.7. The molecule has 0 saturated heterocycles. The molecule has 2 saturated carbocycles. The van der Waals surface area contributed by atoms with E-state index in [2.05, 4.69) is 28.6 Å². The fourth-order valence-corrected chi connectivity index (χ4v) is 3.83. The summed E-state index contributed by atoms with van der Waals surface area (Å²) in [5, 5.41) is 10.3. The van der Waals surface area contributed by atoms with Gasteiger partial charge in [-0.1, -0.05) is 23.2 Å². The summed E-state index contributed by atoms with van der Waals surface area (Å²) in [4.78, 5) is 0. The summed E-state index contributed by atoms with van der Waals surface area (Å²) < 4.78 is 4.28. The van der Waals surface area contributed by atoms with Crippen molar-refractivity contribution < 1.29 is 0 Å². The first-order chi connectivity index (χ1) is 10.00. The van der Waals surface area contributed by atoms with Crippen molar-refractivity contribution in [2.75, 3.05) is 0 Å². The van der Waals surface area contributed by atoms with Gasteiger partial charge < -0.3 is 9.13 Å².